The monoisotopic (exact) mass is 528 g/mol. The number of amides is 2. The lowest BCUT2D eigenvalue weighted by molar-refractivity contribution is -0.384. The number of alkyl halides is 3. The normalized spacial score (nSPS) is 11.2. The number of nitrogens with one attached hydrogen (secondary N) is 2. The summed E-state index contributed by atoms with van der Waals surface area (Å²) in [6, 6.07) is 19.1. The molecule has 3 aromatic carbocycles. The van der Waals surface area contributed by atoms with Crippen LogP contribution < -0.4 is 10.6 Å². The topological polar surface area (TPSA) is 115 Å². The molecule has 37 heavy (non-hydrogen) atoms. The minimum absolute atomic E-state index is 0.0994. The van der Waals surface area contributed by atoms with Crippen LogP contribution in [0.4, 0.5) is 29.3 Å². The maximum absolute atomic E-state index is 13.2. The van der Waals surface area contributed by atoms with E-state index in [9.17, 15) is 28.1 Å². The highest BCUT2D eigenvalue weighted by molar-refractivity contribution is 7.98. The maximum atomic E-state index is 13.2. The molecule has 0 spiro atoms. The third-order valence-corrected chi connectivity index (χ3v) is 6.12. The molecule has 9 nitrogen and oxygen atoms in total. The van der Waals surface area contributed by atoms with Crippen molar-refractivity contribution in [2.45, 2.75) is 23.6 Å². The largest absolute Gasteiger partial charge is 0.418 e. The Morgan fingerprint density at radius 3 is 2.32 bits per heavy atom. The highest BCUT2D eigenvalue weighted by Gasteiger charge is 2.33. The zero-order valence-electron chi connectivity index (χ0n) is 19.0. The van der Waals surface area contributed by atoms with Crippen LogP contribution in [0, 0.1) is 10.1 Å². The predicted octanol–water partition coefficient (Wildman–Crippen LogP) is 5.81. The molecule has 4 aromatic rings. The second-order valence-corrected chi connectivity index (χ2v) is 8.58. The first-order chi connectivity index (χ1) is 17.7. The number of nitrogens with zero attached hydrogens (tertiary/aromatic N) is 4. The number of carbonyl (C=O) groups is 1. The SMILES string of the molecule is O=C(NCc1nnc(SCc2ccccc2)n1-c1ccc([N+](=O)[O-])cc1)Nc1ccccc1C(F)(F)F. The molecule has 0 saturated heterocycles. The van der Waals surface area contributed by atoms with E-state index in [4.69, 9.17) is 0 Å². The summed E-state index contributed by atoms with van der Waals surface area (Å²) in [5.41, 5.74) is 0.0962. The van der Waals surface area contributed by atoms with E-state index < -0.39 is 22.7 Å². The molecule has 0 fully saturated rings. The lowest BCUT2D eigenvalue weighted by Crippen LogP contribution is -2.30. The Bertz CT molecular complexity index is 1400. The Kier molecular flexibility index (Phi) is 7.72. The van der Waals surface area contributed by atoms with Gasteiger partial charge < -0.3 is 10.6 Å². The van der Waals surface area contributed by atoms with Gasteiger partial charge in [-0.1, -0.05) is 54.2 Å². The molecule has 1 heterocycles. The van der Waals surface area contributed by atoms with Gasteiger partial charge in [0.25, 0.3) is 5.69 Å². The van der Waals surface area contributed by atoms with Gasteiger partial charge in [-0.3, -0.25) is 14.7 Å². The molecule has 0 aliphatic heterocycles. The van der Waals surface area contributed by atoms with Crippen molar-refractivity contribution in [2.24, 2.45) is 0 Å². The van der Waals surface area contributed by atoms with Crippen LogP contribution in [-0.4, -0.2) is 25.7 Å². The standard InChI is InChI=1S/C24H19F3N6O3S/c25-24(26,27)19-8-4-5-9-20(19)29-22(34)28-14-21-30-31-23(37-15-16-6-2-1-3-7-16)32(21)17-10-12-18(13-11-17)33(35)36/h1-13H,14-15H2,(H2,28,29,34). The zero-order chi connectivity index (χ0) is 26.4. The van der Waals surface area contributed by atoms with Gasteiger partial charge in [0, 0.05) is 23.6 Å². The Balaban J connectivity index is 1.54. The van der Waals surface area contributed by atoms with E-state index >= 15 is 0 Å². The number of hydrogen-bond donors (Lipinski definition) is 2. The molecule has 0 aliphatic rings. The molecule has 1 aromatic heterocycles. The number of halogens is 3. The second-order valence-electron chi connectivity index (χ2n) is 7.63. The third-order valence-electron chi connectivity index (χ3n) is 5.12. The molecule has 0 unspecified atom stereocenters. The van der Waals surface area contributed by atoms with Crippen LogP contribution in [0.15, 0.2) is 84.0 Å². The molecule has 13 heteroatoms. The van der Waals surface area contributed by atoms with Crippen molar-refractivity contribution in [3.8, 4) is 5.69 Å². The van der Waals surface area contributed by atoms with E-state index in [1.54, 1.807) is 4.57 Å². The van der Waals surface area contributed by atoms with Crippen molar-refractivity contribution >= 4 is 29.2 Å². The van der Waals surface area contributed by atoms with Crippen LogP contribution in [0.3, 0.4) is 0 Å². The summed E-state index contributed by atoms with van der Waals surface area (Å²) in [5.74, 6) is 0.845. The van der Waals surface area contributed by atoms with Crippen molar-refractivity contribution < 1.29 is 22.9 Å². The lowest BCUT2D eigenvalue weighted by atomic mass is 10.1. The Morgan fingerprint density at radius 1 is 0.973 bits per heavy atom. The number of para-hydroxylation sites is 1. The molecule has 2 N–H and O–H groups in total. The van der Waals surface area contributed by atoms with Crippen molar-refractivity contribution in [1.82, 2.24) is 20.1 Å². The van der Waals surface area contributed by atoms with E-state index in [1.165, 1.54) is 48.2 Å². The molecule has 2 amide bonds. The molecular weight excluding hydrogens is 509 g/mol. The van der Waals surface area contributed by atoms with E-state index in [0.717, 1.165) is 17.7 Å². The van der Waals surface area contributed by atoms with Crippen molar-refractivity contribution in [3.05, 3.63) is 106 Å². The summed E-state index contributed by atoms with van der Waals surface area (Å²) < 4.78 is 41.3. The predicted molar refractivity (Wildman–Crippen MR) is 131 cm³/mol. The van der Waals surface area contributed by atoms with E-state index in [2.05, 4.69) is 20.8 Å². The smallest absolute Gasteiger partial charge is 0.331 e. The molecule has 0 bridgehead atoms. The van der Waals surface area contributed by atoms with Gasteiger partial charge in [0.1, 0.15) is 0 Å². The maximum Gasteiger partial charge on any atom is 0.418 e. The summed E-state index contributed by atoms with van der Waals surface area (Å²) in [6.07, 6.45) is -4.63. The van der Waals surface area contributed by atoms with Crippen molar-refractivity contribution in [2.75, 3.05) is 5.32 Å². The highest BCUT2D eigenvalue weighted by atomic mass is 32.2. The van der Waals surface area contributed by atoms with Gasteiger partial charge in [-0.15, -0.1) is 10.2 Å². The van der Waals surface area contributed by atoms with Gasteiger partial charge in [0.05, 0.1) is 22.7 Å². The second kappa shape index (κ2) is 11.1. The van der Waals surface area contributed by atoms with Crippen LogP contribution in [0.1, 0.15) is 17.0 Å². The molecule has 4 rings (SSSR count). The molecule has 0 radical (unpaired) electrons. The van der Waals surface area contributed by atoms with Gasteiger partial charge in [-0.2, -0.15) is 13.2 Å². The molecule has 0 saturated carbocycles. The number of rotatable bonds is 8. The Hall–Kier alpha value is -4.39. The molecule has 190 valence electrons. The van der Waals surface area contributed by atoms with Crippen LogP contribution in [-0.2, 0) is 18.5 Å². The van der Waals surface area contributed by atoms with Crippen LogP contribution in [0.25, 0.3) is 5.69 Å². The van der Waals surface area contributed by atoms with Crippen molar-refractivity contribution in [1.29, 1.82) is 0 Å². The molecule has 0 atom stereocenters. The van der Waals surface area contributed by atoms with Crippen LogP contribution in [0.2, 0.25) is 0 Å². The van der Waals surface area contributed by atoms with Gasteiger partial charge in [0.15, 0.2) is 11.0 Å². The number of non-ortho nitro benzene ring substituents is 1. The van der Waals surface area contributed by atoms with Crippen LogP contribution in [0.5, 0.6) is 0 Å². The fraction of sp³-hybridized carbons (Fsp3) is 0.125. The summed E-state index contributed by atoms with van der Waals surface area (Å²) in [4.78, 5) is 23.0. The third kappa shape index (κ3) is 6.44. The van der Waals surface area contributed by atoms with Gasteiger partial charge in [-0.05, 0) is 29.8 Å². The number of nitro benzene ring substituents is 1. The number of benzene rings is 3. The Morgan fingerprint density at radius 2 is 1.65 bits per heavy atom. The summed E-state index contributed by atoms with van der Waals surface area (Å²) in [5, 5.41) is 24.6. The first-order valence-corrected chi connectivity index (χ1v) is 11.8. The number of aromatic nitrogens is 3. The van der Waals surface area contributed by atoms with Crippen molar-refractivity contribution in [3.63, 3.8) is 0 Å². The Labute approximate surface area is 212 Å². The number of hydrogen-bond acceptors (Lipinski definition) is 6. The lowest BCUT2D eigenvalue weighted by Gasteiger charge is -2.14. The number of anilines is 1. The fourth-order valence-electron chi connectivity index (χ4n) is 3.38. The summed E-state index contributed by atoms with van der Waals surface area (Å²) in [7, 11) is 0. The average molecular weight is 529 g/mol. The first kappa shape index (κ1) is 25.7. The van der Waals surface area contributed by atoms with E-state index in [-0.39, 0.29) is 23.7 Å². The molecule has 0 aliphatic carbocycles. The molecular formula is C24H19F3N6O3S. The number of carbonyl (C=O) groups excluding carboxylic acids is 1. The summed E-state index contributed by atoms with van der Waals surface area (Å²) >= 11 is 1.37. The summed E-state index contributed by atoms with van der Waals surface area (Å²) in [6.45, 7) is -0.171. The fourth-order valence-corrected chi connectivity index (χ4v) is 4.30. The van der Waals surface area contributed by atoms with Gasteiger partial charge in [0.2, 0.25) is 0 Å². The quantitative estimate of drug-likeness (QED) is 0.170. The average Bonchev–Trinajstić information content (AvgIpc) is 3.29. The first-order valence-electron chi connectivity index (χ1n) is 10.8. The van der Waals surface area contributed by atoms with Gasteiger partial charge in [-0.25, -0.2) is 4.79 Å². The number of urea groups is 1. The minimum atomic E-state index is -4.63. The number of nitro groups is 1. The van der Waals surface area contributed by atoms with Gasteiger partial charge >= 0.3 is 12.2 Å². The van der Waals surface area contributed by atoms with E-state index in [1.807, 2.05) is 30.3 Å². The van der Waals surface area contributed by atoms with Crippen LogP contribution >= 0.6 is 11.8 Å². The van der Waals surface area contributed by atoms with E-state index in [0.29, 0.717) is 16.6 Å². The number of thioether (sulfide) groups is 1. The zero-order valence-corrected chi connectivity index (χ0v) is 19.8. The minimum Gasteiger partial charge on any atom is -0.331 e. The highest BCUT2D eigenvalue weighted by Crippen LogP contribution is 2.34.